The van der Waals surface area contributed by atoms with Crippen LogP contribution in [0.4, 0.5) is 0 Å². The average molecular weight is 323 g/mol. The Morgan fingerprint density at radius 3 is 2.36 bits per heavy atom. The molecule has 1 aromatic heterocycles. The van der Waals surface area contributed by atoms with Gasteiger partial charge in [0.05, 0.1) is 17.7 Å². The van der Waals surface area contributed by atoms with Crippen molar-refractivity contribution < 1.29 is 22.4 Å². The van der Waals surface area contributed by atoms with E-state index < -0.39 is 21.8 Å². The second kappa shape index (κ2) is 6.87. The van der Waals surface area contributed by atoms with Gasteiger partial charge in [0.15, 0.2) is 0 Å². The van der Waals surface area contributed by atoms with E-state index in [0.29, 0.717) is 5.76 Å². The summed E-state index contributed by atoms with van der Waals surface area (Å²) in [6.07, 6.45) is 1.43. The van der Waals surface area contributed by atoms with Gasteiger partial charge in [0.2, 0.25) is 0 Å². The molecule has 1 heterocycles. The number of nitrogens with one attached hydrogen (secondary N) is 3. The summed E-state index contributed by atoms with van der Waals surface area (Å²) in [6, 6.07) is 10.7. The summed E-state index contributed by atoms with van der Waals surface area (Å²) in [5.74, 6) is -1.66. The van der Waals surface area contributed by atoms with Gasteiger partial charge in [-0.3, -0.25) is 15.0 Å². The highest BCUT2D eigenvalue weighted by molar-refractivity contribution is 7.89. The second-order valence-electron chi connectivity index (χ2n) is 4.13. The SMILES string of the molecule is O=C(NCc1ccco1)C(=O)NNS(=O)(=O)c1ccccc1. The van der Waals surface area contributed by atoms with Gasteiger partial charge in [0.1, 0.15) is 5.76 Å². The first-order valence-corrected chi connectivity index (χ1v) is 7.65. The lowest BCUT2D eigenvalue weighted by atomic mass is 10.4. The third kappa shape index (κ3) is 4.17. The molecule has 9 heteroatoms. The van der Waals surface area contributed by atoms with E-state index in [1.807, 2.05) is 10.3 Å². The standard InChI is InChI=1S/C13H13N3O5S/c17-12(14-9-10-5-4-8-21-10)13(18)15-16-22(19,20)11-6-2-1-3-7-11/h1-8,16H,9H2,(H,14,17)(H,15,18). The molecule has 0 saturated carbocycles. The minimum atomic E-state index is -3.93. The first-order valence-electron chi connectivity index (χ1n) is 6.16. The van der Waals surface area contributed by atoms with Gasteiger partial charge in [-0.2, -0.15) is 0 Å². The molecule has 22 heavy (non-hydrogen) atoms. The predicted molar refractivity (Wildman–Crippen MR) is 75.5 cm³/mol. The molecular formula is C13H13N3O5S. The minimum absolute atomic E-state index is 0.0185. The Hall–Kier alpha value is -2.65. The molecule has 0 spiro atoms. The van der Waals surface area contributed by atoms with Crippen LogP contribution in [0, 0.1) is 0 Å². The van der Waals surface area contributed by atoms with Crippen molar-refractivity contribution in [3.63, 3.8) is 0 Å². The maximum atomic E-state index is 11.8. The van der Waals surface area contributed by atoms with Gasteiger partial charge in [0, 0.05) is 0 Å². The molecule has 0 atom stereocenters. The van der Waals surface area contributed by atoms with Crippen LogP contribution in [0.3, 0.4) is 0 Å². The van der Waals surface area contributed by atoms with E-state index in [1.165, 1.54) is 30.5 Å². The van der Waals surface area contributed by atoms with E-state index in [9.17, 15) is 18.0 Å². The van der Waals surface area contributed by atoms with E-state index in [-0.39, 0.29) is 11.4 Å². The highest BCUT2D eigenvalue weighted by atomic mass is 32.2. The van der Waals surface area contributed by atoms with Crippen LogP contribution in [0.25, 0.3) is 0 Å². The van der Waals surface area contributed by atoms with Crippen molar-refractivity contribution in [2.45, 2.75) is 11.4 Å². The number of furan rings is 1. The number of carbonyl (C=O) groups excluding carboxylic acids is 2. The van der Waals surface area contributed by atoms with Crippen LogP contribution in [0.2, 0.25) is 0 Å². The summed E-state index contributed by atoms with van der Waals surface area (Å²) in [5, 5.41) is 2.28. The van der Waals surface area contributed by atoms with Crippen molar-refractivity contribution in [3.05, 3.63) is 54.5 Å². The summed E-state index contributed by atoms with van der Waals surface area (Å²) in [4.78, 5) is 24.8. The Morgan fingerprint density at radius 1 is 1.00 bits per heavy atom. The molecule has 0 aliphatic carbocycles. The fourth-order valence-electron chi connectivity index (χ4n) is 1.49. The number of hydrazine groups is 1. The van der Waals surface area contributed by atoms with Gasteiger partial charge >= 0.3 is 11.8 Å². The van der Waals surface area contributed by atoms with Crippen LogP contribution < -0.4 is 15.6 Å². The van der Waals surface area contributed by atoms with Gasteiger partial charge < -0.3 is 9.73 Å². The summed E-state index contributed by atoms with van der Waals surface area (Å²) in [7, 11) is -3.93. The Labute approximate surface area is 126 Å². The first-order chi connectivity index (χ1) is 10.5. The average Bonchev–Trinajstić information content (AvgIpc) is 3.04. The third-order valence-electron chi connectivity index (χ3n) is 2.56. The number of hydrogen-bond acceptors (Lipinski definition) is 5. The summed E-state index contributed by atoms with van der Waals surface area (Å²) in [6.45, 7) is 0.0185. The van der Waals surface area contributed by atoms with Crippen molar-refractivity contribution in [3.8, 4) is 0 Å². The number of benzene rings is 1. The molecule has 0 aliphatic heterocycles. The highest BCUT2D eigenvalue weighted by Crippen LogP contribution is 2.05. The second-order valence-corrected chi connectivity index (χ2v) is 5.82. The Morgan fingerprint density at radius 2 is 1.73 bits per heavy atom. The smallest absolute Gasteiger partial charge is 0.324 e. The number of amides is 2. The third-order valence-corrected chi connectivity index (χ3v) is 3.83. The monoisotopic (exact) mass is 323 g/mol. The molecule has 2 rings (SSSR count). The number of sulfonamides is 1. The molecule has 0 aliphatic rings. The predicted octanol–water partition coefficient (Wildman–Crippen LogP) is -0.0945. The molecule has 0 radical (unpaired) electrons. The van der Waals surface area contributed by atoms with E-state index in [2.05, 4.69) is 5.32 Å². The van der Waals surface area contributed by atoms with E-state index >= 15 is 0 Å². The zero-order valence-electron chi connectivity index (χ0n) is 11.3. The quantitative estimate of drug-likeness (QED) is 0.525. The summed E-state index contributed by atoms with van der Waals surface area (Å²) in [5.41, 5.74) is 1.83. The van der Waals surface area contributed by atoms with Crippen molar-refractivity contribution in [1.29, 1.82) is 0 Å². The van der Waals surface area contributed by atoms with Crippen LogP contribution >= 0.6 is 0 Å². The largest absolute Gasteiger partial charge is 0.467 e. The van der Waals surface area contributed by atoms with Crippen LogP contribution in [-0.4, -0.2) is 20.2 Å². The number of rotatable bonds is 5. The normalized spacial score (nSPS) is 10.9. The lowest BCUT2D eigenvalue weighted by Gasteiger charge is -2.08. The topological polar surface area (TPSA) is 118 Å². The van der Waals surface area contributed by atoms with Crippen molar-refractivity contribution in [2.75, 3.05) is 0 Å². The molecule has 8 nitrogen and oxygen atoms in total. The van der Waals surface area contributed by atoms with Gasteiger partial charge in [-0.25, -0.2) is 8.42 Å². The van der Waals surface area contributed by atoms with Crippen LogP contribution in [0.5, 0.6) is 0 Å². The lowest BCUT2D eigenvalue weighted by Crippen LogP contribution is -2.48. The fraction of sp³-hybridized carbons (Fsp3) is 0.0769. The molecule has 0 unspecified atom stereocenters. The molecule has 1 aromatic carbocycles. The van der Waals surface area contributed by atoms with Crippen LogP contribution in [0.15, 0.2) is 58.0 Å². The molecule has 2 amide bonds. The van der Waals surface area contributed by atoms with Gasteiger partial charge in [0.25, 0.3) is 10.0 Å². The molecule has 0 fully saturated rings. The summed E-state index contributed by atoms with van der Waals surface area (Å²) >= 11 is 0. The molecule has 116 valence electrons. The summed E-state index contributed by atoms with van der Waals surface area (Å²) < 4.78 is 28.6. The maximum Gasteiger partial charge on any atom is 0.324 e. The minimum Gasteiger partial charge on any atom is -0.467 e. The highest BCUT2D eigenvalue weighted by Gasteiger charge is 2.18. The molecular weight excluding hydrogens is 310 g/mol. The molecule has 2 aromatic rings. The first kappa shape index (κ1) is 15.7. The van der Waals surface area contributed by atoms with Crippen molar-refractivity contribution in [2.24, 2.45) is 0 Å². The number of hydrogen-bond donors (Lipinski definition) is 3. The Balaban J connectivity index is 1.85. The Kier molecular flexibility index (Phi) is 4.92. The zero-order chi connectivity index (χ0) is 16.0. The molecule has 0 saturated heterocycles. The van der Waals surface area contributed by atoms with E-state index in [4.69, 9.17) is 4.42 Å². The van der Waals surface area contributed by atoms with Gasteiger partial charge in [-0.05, 0) is 24.3 Å². The maximum absolute atomic E-state index is 11.8. The van der Waals surface area contributed by atoms with Crippen LogP contribution in [-0.2, 0) is 26.2 Å². The number of carbonyl (C=O) groups is 2. The van der Waals surface area contributed by atoms with E-state index in [0.717, 1.165) is 0 Å². The Bertz CT molecular complexity index is 741. The fourth-order valence-corrected chi connectivity index (χ4v) is 2.35. The van der Waals surface area contributed by atoms with Gasteiger partial charge in [-0.15, -0.1) is 4.83 Å². The molecule has 0 bridgehead atoms. The van der Waals surface area contributed by atoms with E-state index in [1.54, 1.807) is 18.2 Å². The molecule has 3 N–H and O–H groups in total. The van der Waals surface area contributed by atoms with Crippen molar-refractivity contribution in [1.82, 2.24) is 15.6 Å². The van der Waals surface area contributed by atoms with Gasteiger partial charge in [-0.1, -0.05) is 18.2 Å². The zero-order valence-corrected chi connectivity index (χ0v) is 12.1. The van der Waals surface area contributed by atoms with Crippen LogP contribution in [0.1, 0.15) is 5.76 Å². The lowest BCUT2D eigenvalue weighted by molar-refractivity contribution is -0.139. The van der Waals surface area contributed by atoms with Crippen molar-refractivity contribution >= 4 is 21.8 Å².